The molecule has 3 heterocycles. The Morgan fingerprint density at radius 2 is 2.03 bits per heavy atom. The van der Waals surface area contributed by atoms with Gasteiger partial charge in [-0.1, -0.05) is 12.1 Å². The molecule has 4 rings (SSSR count). The third-order valence-corrected chi connectivity index (χ3v) is 7.60. The van der Waals surface area contributed by atoms with Gasteiger partial charge in [0.2, 0.25) is 0 Å². The van der Waals surface area contributed by atoms with E-state index in [1.165, 1.54) is 0 Å². The lowest BCUT2D eigenvalue weighted by Gasteiger charge is -2.17. The number of likely N-dealkylation sites (N-methyl/N-ethyl adjacent to an activating group) is 1. The van der Waals surface area contributed by atoms with E-state index in [-0.39, 0.29) is 35.4 Å². The third-order valence-electron chi connectivity index (χ3n) is 5.85. The molecule has 0 aliphatic carbocycles. The second-order valence-electron chi connectivity index (χ2n) is 8.34. The number of H-pyrrole nitrogens is 1. The molecule has 1 aliphatic heterocycles. The first-order chi connectivity index (χ1) is 14.6. The van der Waals surface area contributed by atoms with Crippen LogP contribution in [0.2, 0.25) is 0 Å². The summed E-state index contributed by atoms with van der Waals surface area (Å²) in [5.41, 5.74) is 2.72. The van der Waals surface area contributed by atoms with E-state index < -0.39 is 9.84 Å². The number of para-hydroxylation sites is 1. The largest absolute Gasteiger partial charge is 0.344 e. The SMILES string of the molecule is Cc1cc(C(=O)CN(C)Cc2nc3ccccc3c(=O)[nH]2)c(C)n1[C@@H]1CCS(=O)(=O)C1. The zero-order chi connectivity index (χ0) is 22.3. The summed E-state index contributed by atoms with van der Waals surface area (Å²) in [6.45, 7) is 4.25. The highest BCUT2D eigenvalue weighted by Crippen LogP contribution is 2.29. The Balaban J connectivity index is 1.50. The molecule has 1 saturated heterocycles. The average molecular weight is 443 g/mol. The molecule has 1 atom stereocenters. The van der Waals surface area contributed by atoms with Gasteiger partial charge in [0.25, 0.3) is 5.56 Å². The van der Waals surface area contributed by atoms with E-state index in [0.717, 1.165) is 11.4 Å². The van der Waals surface area contributed by atoms with E-state index in [2.05, 4.69) is 9.97 Å². The van der Waals surface area contributed by atoms with Gasteiger partial charge in [-0.25, -0.2) is 13.4 Å². The summed E-state index contributed by atoms with van der Waals surface area (Å²) in [6, 6.07) is 8.86. The highest BCUT2D eigenvalue weighted by Gasteiger charge is 2.31. The number of rotatable bonds is 6. The monoisotopic (exact) mass is 442 g/mol. The molecule has 0 radical (unpaired) electrons. The normalized spacial score (nSPS) is 18.1. The number of sulfone groups is 1. The van der Waals surface area contributed by atoms with Crippen molar-refractivity contribution in [2.75, 3.05) is 25.1 Å². The van der Waals surface area contributed by atoms with Gasteiger partial charge in [0, 0.05) is 23.0 Å². The molecule has 2 aromatic heterocycles. The summed E-state index contributed by atoms with van der Waals surface area (Å²) in [5.74, 6) is 0.766. The van der Waals surface area contributed by atoms with Gasteiger partial charge < -0.3 is 9.55 Å². The Labute approximate surface area is 180 Å². The number of aromatic nitrogens is 3. The number of carbonyl (C=O) groups excluding carboxylic acids is 1. The van der Waals surface area contributed by atoms with Crippen LogP contribution in [0.4, 0.5) is 0 Å². The number of hydrogen-bond acceptors (Lipinski definition) is 6. The molecule has 0 amide bonds. The van der Waals surface area contributed by atoms with Crippen molar-refractivity contribution < 1.29 is 13.2 Å². The highest BCUT2D eigenvalue weighted by molar-refractivity contribution is 7.91. The summed E-state index contributed by atoms with van der Waals surface area (Å²) in [7, 11) is -1.21. The van der Waals surface area contributed by atoms with Crippen LogP contribution in [0.3, 0.4) is 0 Å². The van der Waals surface area contributed by atoms with Crippen LogP contribution in [0.15, 0.2) is 35.1 Å². The van der Waals surface area contributed by atoms with E-state index >= 15 is 0 Å². The van der Waals surface area contributed by atoms with Crippen molar-refractivity contribution in [1.29, 1.82) is 0 Å². The number of ketones is 1. The fraction of sp³-hybridized carbons (Fsp3) is 0.409. The molecule has 3 aromatic rings. The summed E-state index contributed by atoms with van der Waals surface area (Å²) in [4.78, 5) is 34.3. The zero-order valence-corrected chi connectivity index (χ0v) is 18.7. The number of nitrogens with zero attached hydrogens (tertiary/aromatic N) is 3. The van der Waals surface area contributed by atoms with Gasteiger partial charge >= 0.3 is 0 Å². The third kappa shape index (κ3) is 4.33. The smallest absolute Gasteiger partial charge is 0.258 e. The molecule has 31 heavy (non-hydrogen) atoms. The lowest BCUT2D eigenvalue weighted by molar-refractivity contribution is 0.0941. The molecule has 8 nitrogen and oxygen atoms in total. The van der Waals surface area contributed by atoms with Crippen molar-refractivity contribution in [3.05, 3.63) is 63.5 Å². The quantitative estimate of drug-likeness (QED) is 0.586. The Morgan fingerprint density at radius 1 is 1.29 bits per heavy atom. The van der Waals surface area contributed by atoms with Crippen LogP contribution in [-0.2, 0) is 16.4 Å². The number of Topliss-reactive ketones (excluding diaryl/α,β-unsaturated/α-hetero) is 1. The first-order valence-corrected chi connectivity index (χ1v) is 12.1. The molecule has 1 N–H and O–H groups in total. The number of aromatic amines is 1. The number of hydrogen-bond donors (Lipinski definition) is 1. The molecule has 0 bridgehead atoms. The number of aryl methyl sites for hydroxylation is 1. The molecule has 1 aliphatic rings. The molecule has 1 aromatic carbocycles. The van der Waals surface area contributed by atoms with Crippen molar-refractivity contribution in [3.8, 4) is 0 Å². The number of nitrogens with one attached hydrogen (secondary N) is 1. The molecular weight excluding hydrogens is 416 g/mol. The number of fused-ring (bicyclic) bond motifs is 1. The van der Waals surface area contributed by atoms with Crippen molar-refractivity contribution in [2.45, 2.75) is 32.9 Å². The van der Waals surface area contributed by atoms with E-state index in [0.29, 0.717) is 35.3 Å². The van der Waals surface area contributed by atoms with Crippen molar-refractivity contribution >= 4 is 26.5 Å². The maximum absolute atomic E-state index is 13.0. The van der Waals surface area contributed by atoms with Gasteiger partial charge in [-0.05, 0) is 45.5 Å². The average Bonchev–Trinajstić information content (AvgIpc) is 3.19. The van der Waals surface area contributed by atoms with E-state index in [1.54, 1.807) is 25.2 Å². The summed E-state index contributed by atoms with van der Waals surface area (Å²) in [5, 5.41) is 0.534. The van der Waals surface area contributed by atoms with Crippen molar-refractivity contribution in [3.63, 3.8) is 0 Å². The van der Waals surface area contributed by atoms with Crippen LogP contribution in [-0.4, -0.2) is 58.7 Å². The summed E-state index contributed by atoms with van der Waals surface area (Å²) in [6.07, 6.45) is 0.577. The van der Waals surface area contributed by atoms with Gasteiger partial charge in [0.1, 0.15) is 5.82 Å². The fourth-order valence-corrected chi connectivity index (χ4v) is 6.15. The molecule has 164 valence electrons. The second-order valence-corrected chi connectivity index (χ2v) is 10.6. The standard InChI is InChI=1S/C22H26N4O4S/c1-14-10-18(15(2)26(14)16-8-9-31(29,30)13-16)20(27)11-25(3)12-21-23-19-7-5-4-6-17(19)22(28)24-21/h4-7,10,16H,8-9,11-13H2,1-3H3,(H,23,24,28)/t16-/m1/s1. The molecular formula is C22H26N4O4S. The number of benzene rings is 1. The van der Waals surface area contributed by atoms with E-state index in [9.17, 15) is 18.0 Å². The van der Waals surface area contributed by atoms with Crippen LogP contribution in [0, 0.1) is 13.8 Å². The van der Waals surface area contributed by atoms with E-state index in [1.807, 2.05) is 35.4 Å². The molecule has 0 spiro atoms. The lowest BCUT2D eigenvalue weighted by atomic mass is 10.1. The molecule has 0 unspecified atom stereocenters. The minimum absolute atomic E-state index is 0.0501. The lowest BCUT2D eigenvalue weighted by Crippen LogP contribution is -2.28. The van der Waals surface area contributed by atoms with Crippen LogP contribution in [0.5, 0.6) is 0 Å². The number of carbonyl (C=O) groups is 1. The Kier molecular flexibility index (Phi) is 5.57. The predicted octanol–water partition coefficient (Wildman–Crippen LogP) is 2.02. The van der Waals surface area contributed by atoms with Crippen molar-refractivity contribution in [1.82, 2.24) is 19.4 Å². The topological polar surface area (TPSA) is 105 Å². The van der Waals surface area contributed by atoms with Crippen molar-refractivity contribution in [2.24, 2.45) is 0 Å². The van der Waals surface area contributed by atoms with Crippen LogP contribution in [0.1, 0.15) is 40.0 Å². The summed E-state index contributed by atoms with van der Waals surface area (Å²) >= 11 is 0. The van der Waals surface area contributed by atoms with Crippen LogP contribution < -0.4 is 5.56 Å². The maximum atomic E-state index is 13.0. The van der Waals surface area contributed by atoms with E-state index in [4.69, 9.17) is 0 Å². The minimum atomic E-state index is -3.01. The minimum Gasteiger partial charge on any atom is -0.344 e. The fourth-order valence-electron chi connectivity index (χ4n) is 4.45. The highest BCUT2D eigenvalue weighted by atomic mass is 32.2. The Hall–Kier alpha value is -2.78. The van der Waals surface area contributed by atoms with Crippen LogP contribution in [0.25, 0.3) is 10.9 Å². The molecule has 1 fully saturated rings. The maximum Gasteiger partial charge on any atom is 0.258 e. The molecule has 0 saturated carbocycles. The van der Waals surface area contributed by atoms with Gasteiger partial charge in [0.15, 0.2) is 15.6 Å². The van der Waals surface area contributed by atoms with Gasteiger partial charge in [-0.3, -0.25) is 14.5 Å². The van der Waals surface area contributed by atoms with Gasteiger partial charge in [-0.15, -0.1) is 0 Å². The first kappa shape index (κ1) is 21.5. The zero-order valence-electron chi connectivity index (χ0n) is 17.9. The Bertz CT molecular complexity index is 1320. The predicted molar refractivity (Wildman–Crippen MR) is 119 cm³/mol. The van der Waals surface area contributed by atoms with Gasteiger partial charge in [0.05, 0.1) is 35.5 Å². The first-order valence-electron chi connectivity index (χ1n) is 10.2. The summed E-state index contributed by atoms with van der Waals surface area (Å²) < 4.78 is 25.8. The Morgan fingerprint density at radius 3 is 2.74 bits per heavy atom. The second kappa shape index (κ2) is 8.05. The van der Waals surface area contributed by atoms with Gasteiger partial charge in [-0.2, -0.15) is 0 Å². The molecule has 9 heteroatoms. The van der Waals surface area contributed by atoms with Crippen LogP contribution >= 0.6 is 0 Å².